The van der Waals surface area contributed by atoms with Gasteiger partial charge in [-0.3, -0.25) is 4.79 Å². The van der Waals surface area contributed by atoms with Crippen molar-refractivity contribution >= 4 is 35.1 Å². The number of nitriles is 1. The molecule has 0 unspecified atom stereocenters. The average molecular weight is 329 g/mol. The molecule has 0 fully saturated rings. The molecule has 1 aromatic carbocycles. The van der Waals surface area contributed by atoms with E-state index < -0.39 is 0 Å². The van der Waals surface area contributed by atoms with Crippen molar-refractivity contribution in [3.05, 3.63) is 48.2 Å². The molecule has 0 aliphatic carbocycles. The summed E-state index contributed by atoms with van der Waals surface area (Å²) >= 11 is 2.99. The van der Waals surface area contributed by atoms with Crippen LogP contribution in [0, 0.1) is 11.3 Å². The number of hydrogen-bond donors (Lipinski definition) is 1. The van der Waals surface area contributed by atoms with Crippen LogP contribution < -0.4 is 5.32 Å². The number of aromatic nitrogens is 1. The van der Waals surface area contributed by atoms with Gasteiger partial charge < -0.3 is 5.32 Å². The largest absolute Gasteiger partial charge is 0.325 e. The van der Waals surface area contributed by atoms with Crippen molar-refractivity contribution in [1.29, 1.82) is 5.26 Å². The van der Waals surface area contributed by atoms with E-state index in [0.29, 0.717) is 10.6 Å². The monoisotopic (exact) mass is 329 g/mol. The van der Waals surface area contributed by atoms with E-state index >= 15 is 0 Å². The minimum atomic E-state index is -0.304. The smallest absolute Gasteiger partial charge is 0.237 e. The first-order valence-corrected chi connectivity index (χ1v) is 8.70. The van der Waals surface area contributed by atoms with Crippen LogP contribution >= 0.6 is 23.5 Å². The van der Waals surface area contributed by atoms with Crippen molar-refractivity contribution in [2.24, 2.45) is 0 Å². The van der Waals surface area contributed by atoms with Gasteiger partial charge in [0.2, 0.25) is 5.91 Å². The lowest BCUT2D eigenvalue weighted by molar-refractivity contribution is -0.115. The second kappa shape index (κ2) is 7.87. The Hall–Kier alpha value is -1.97. The first-order chi connectivity index (χ1) is 10.6. The van der Waals surface area contributed by atoms with E-state index in [9.17, 15) is 4.79 Å². The molecule has 0 aliphatic rings. The maximum Gasteiger partial charge on any atom is 0.237 e. The van der Waals surface area contributed by atoms with Gasteiger partial charge >= 0.3 is 0 Å². The molecular formula is C16H15N3OS2. The standard InChI is InChI=1S/C16H15N3OS2/c1-11(22-15-9-12(10-17)7-8-18-15)16(20)19-13-3-5-14(21-2)6-4-13/h3-9,11H,1-2H3,(H,19,20)/t11-/m0/s1. The number of benzene rings is 1. The van der Waals surface area contributed by atoms with Gasteiger partial charge in [0.25, 0.3) is 0 Å². The van der Waals surface area contributed by atoms with Crippen molar-refractivity contribution in [3.8, 4) is 6.07 Å². The van der Waals surface area contributed by atoms with Crippen LogP contribution in [-0.2, 0) is 4.79 Å². The molecular weight excluding hydrogens is 314 g/mol. The summed E-state index contributed by atoms with van der Waals surface area (Å²) in [6.45, 7) is 1.82. The SMILES string of the molecule is CSc1ccc(NC(=O)[C@H](C)Sc2cc(C#N)ccn2)cc1. The van der Waals surface area contributed by atoms with E-state index in [-0.39, 0.29) is 11.2 Å². The zero-order chi connectivity index (χ0) is 15.9. The van der Waals surface area contributed by atoms with Gasteiger partial charge in [-0.2, -0.15) is 5.26 Å². The molecule has 1 aromatic heterocycles. The summed E-state index contributed by atoms with van der Waals surface area (Å²) in [4.78, 5) is 17.5. The van der Waals surface area contributed by atoms with Crippen molar-refractivity contribution in [2.45, 2.75) is 22.1 Å². The molecule has 1 atom stereocenters. The van der Waals surface area contributed by atoms with Crippen LogP contribution in [0.5, 0.6) is 0 Å². The predicted octanol–water partition coefficient (Wildman–Crippen LogP) is 3.79. The van der Waals surface area contributed by atoms with Crippen LogP contribution in [-0.4, -0.2) is 22.4 Å². The van der Waals surface area contributed by atoms with Gasteiger partial charge in [0.1, 0.15) is 0 Å². The van der Waals surface area contributed by atoms with Crippen LogP contribution in [0.4, 0.5) is 5.69 Å². The van der Waals surface area contributed by atoms with Gasteiger partial charge in [-0.1, -0.05) is 11.8 Å². The van der Waals surface area contributed by atoms with Gasteiger partial charge in [-0.05, 0) is 49.6 Å². The topological polar surface area (TPSA) is 65.8 Å². The Morgan fingerprint density at radius 1 is 1.32 bits per heavy atom. The lowest BCUT2D eigenvalue weighted by Gasteiger charge is -2.11. The summed E-state index contributed by atoms with van der Waals surface area (Å²) in [5, 5.41) is 12.1. The third-order valence-electron chi connectivity index (χ3n) is 2.89. The van der Waals surface area contributed by atoms with E-state index in [1.807, 2.05) is 37.4 Å². The molecule has 22 heavy (non-hydrogen) atoms. The Bertz CT molecular complexity index is 695. The number of pyridine rings is 1. The summed E-state index contributed by atoms with van der Waals surface area (Å²) in [6, 6.07) is 13.1. The zero-order valence-corrected chi connectivity index (χ0v) is 13.9. The molecule has 0 spiro atoms. The third kappa shape index (κ3) is 4.52. The summed E-state index contributed by atoms with van der Waals surface area (Å²) in [5.74, 6) is -0.0916. The van der Waals surface area contributed by atoms with Crippen LogP contribution in [0.2, 0.25) is 0 Å². The third-order valence-corrected chi connectivity index (χ3v) is 4.66. The van der Waals surface area contributed by atoms with Crippen molar-refractivity contribution in [3.63, 3.8) is 0 Å². The summed E-state index contributed by atoms with van der Waals surface area (Å²) < 4.78 is 0. The highest BCUT2D eigenvalue weighted by Gasteiger charge is 2.15. The Morgan fingerprint density at radius 2 is 2.05 bits per heavy atom. The van der Waals surface area contributed by atoms with Crippen LogP contribution in [0.15, 0.2) is 52.5 Å². The molecule has 0 saturated heterocycles. The van der Waals surface area contributed by atoms with Gasteiger partial charge in [0.05, 0.1) is 21.9 Å². The summed E-state index contributed by atoms with van der Waals surface area (Å²) in [6.07, 6.45) is 3.58. The fraction of sp³-hybridized carbons (Fsp3) is 0.188. The molecule has 0 saturated carbocycles. The molecule has 6 heteroatoms. The number of carbonyl (C=O) groups is 1. The average Bonchev–Trinajstić information content (AvgIpc) is 2.55. The molecule has 112 valence electrons. The highest BCUT2D eigenvalue weighted by molar-refractivity contribution is 8.00. The van der Waals surface area contributed by atoms with E-state index in [1.54, 1.807) is 30.1 Å². The molecule has 1 heterocycles. The van der Waals surface area contributed by atoms with Gasteiger partial charge in [-0.15, -0.1) is 11.8 Å². The molecule has 0 bridgehead atoms. The molecule has 1 N–H and O–H groups in total. The highest BCUT2D eigenvalue weighted by Crippen LogP contribution is 2.23. The maximum atomic E-state index is 12.2. The number of thioether (sulfide) groups is 2. The van der Waals surface area contributed by atoms with Gasteiger partial charge in [0.15, 0.2) is 0 Å². The fourth-order valence-corrected chi connectivity index (χ4v) is 2.95. The number of nitrogens with zero attached hydrogens (tertiary/aromatic N) is 2. The minimum absolute atomic E-state index is 0.0916. The van der Waals surface area contributed by atoms with Crippen LogP contribution in [0.25, 0.3) is 0 Å². The summed E-state index contributed by atoms with van der Waals surface area (Å²) in [5.41, 5.74) is 1.31. The van der Waals surface area contributed by atoms with Crippen LogP contribution in [0.3, 0.4) is 0 Å². The molecule has 1 amide bonds. The molecule has 0 aliphatic heterocycles. The summed E-state index contributed by atoms with van der Waals surface area (Å²) in [7, 11) is 0. The molecule has 4 nitrogen and oxygen atoms in total. The number of nitrogens with one attached hydrogen (secondary N) is 1. The lowest BCUT2D eigenvalue weighted by Crippen LogP contribution is -2.22. The van der Waals surface area contributed by atoms with Crippen molar-refractivity contribution in [2.75, 3.05) is 11.6 Å². The van der Waals surface area contributed by atoms with E-state index in [2.05, 4.69) is 16.4 Å². The Morgan fingerprint density at radius 3 is 2.68 bits per heavy atom. The Balaban J connectivity index is 1.97. The minimum Gasteiger partial charge on any atom is -0.325 e. The molecule has 2 rings (SSSR count). The molecule has 2 aromatic rings. The fourth-order valence-electron chi connectivity index (χ4n) is 1.70. The maximum absolute atomic E-state index is 12.2. The first kappa shape index (κ1) is 16.4. The number of carbonyl (C=O) groups excluding carboxylic acids is 1. The normalized spacial score (nSPS) is 11.5. The number of hydrogen-bond acceptors (Lipinski definition) is 5. The lowest BCUT2D eigenvalue weighted by atomic mass is 10.3. The van der Waals surface area contributed by atoms with Gasteiger partial charge in [0, 0.05) is 16.8 Å². The number of amides is 1. The predicted molar refractivity (Wildman–Crippen MR) is 91.1 cm³/mol. The molecule has 0 radical (unpaired) electrons. The Kier molecular flexibility index (Phi) is 5.87. The second-order valence-corrected chi connectivity index (χ2v) is 6.71. The number of anilines is 1. The Labute approximate surface area is 138 Å². The first-order valence-electron chi connectivity index (χ1n) is 6.60. The van der Waals surface area contributed by atoms with Gasteiger partial charge in [-0.25, -0.2) is 4.98 Å². The van der Waals surface area contributed by atoms with Crippen LogP contribution in [0.1, 0.15) is 12.5 Å². The van der Waals surface area contributed by atoms with Crippen molar-refractivity contribution < 1.29 is 4.79 Å². The van der Waals surface area contributed by atoms with E-state index in [1.165, 1.54) is 11.8 Å². The van der Waals surface area contributed by atoms with E-state index in [0.717, 1.165) is 10.6 Å². The quantitative estimate of drug-likeness (QED) is 0.845. The number of rotatable bonds is 5. The van der Waals surface area contributed by atoms with E-state index in [4.69, 9.17) is 5.26 Å². The van der Waals surface area contributed by atoms with Crippen molar-refractivity contribution in [1.82, 2.24) is 4.98 Å². The zero-order valence-electron chi connectivity index (χ0n) is 12.2. The second-order valence-electron chi connectivity index (χ2n) is 4.47. The highest BCUT2D eigenvalue weighted by atomic mass is 32.2.